The van der Waals surface area contributed by atoms with Gasteiger partial charge in [-0.2, -0.15) is 0 Å². The lowest BCUT2D eigenvalue weighted by atomic mass is 9.87. The van der Waals surface area contributed by atoms with Crippen LogP contribution in [0.5, 0.6) is 0 Å². The van der Waals surface area contributed by atoms with Crippen LogP contribution in [0.4, 0.5) is 10.5 Å². The smallest absolute Gasteiger partial charge is 0.319 e. The Morgan fingerprint density at radius 1 is 1.25 bits per heavy atom. The maximum absolute atomic E-state index is 12.1. The van der Waals surface area contributed by atoms with Crippen LogP contribution in [-0.4, -0.2) is 12.1 Å². The summed E-state index contributed by atoms with van der Waals surface area (Å²) < 4.78 is 0. The molecule has 3 nitrogen and oxygen atoms in total. The van der Waals surface area contributed by atoms with Crippen molar-refractivity contribution in [2.24, 2.45) is 5.92 Å². The van der Waals surface area contributed by atoms with Gasteiger partial charge in [-0.1, -0.05) is 51.8 Å². The van der Waals surface area contributed by atoms with E-state index in [4.69, 9.17) is 0 Å². The lowest BCUT2D eigenvalue weighted by Crippen LogP contribution is -2.40. The number of amides is 2. The minimum absolute atomic E-state index is 0.0720. The number of carbonyl (C=O) groups is 1. The van der Waals surface area contributed by atoms with Gasteiger partial charge in [-0.3, -0.25) is 0 Å². The highest BCUT2D eigenvalue weighted by Crippen LogP contribution is 2.25. The number of anilines is 1. The van der Waals surface area contributed by atoms with Crippen LogP contribution in [0.2, 0.25) is 0 Å². The number of para-hydroxylation sites is 1. The van der Waals surface area contributed by atoms with Crippen molar-refractivity contribution < 1.29 is 4.79 Å². The molecule has 20 heavy (non-hydrogen) atoms. The first-order valence-corrected chi connectivity index (χ1v) is 7.72. The average molecular weight is 274 g/mol. The topological polar surface area (TPSA) is 41.1 Å². The molecule has 0 unspecified atom stereocenters. The van der Waals surface area contributed by atoms with Gasteiger partial charge in [0.1, 0.15) is 0 Å². The molecule has 0 spiro atoms. The van der Waals surface area contributed by atoms with Crippen molar-refractivity contribution in [1.29, 1.82) is 0 Å². The summed E-state index contributed by atoms with van der Waals surface area (Å²) in [5.74, 6) is 1.12. The number of carbonyl (C=O) groups excluding carboxylic acids is 1. The van der Waals surface area contributed by atoms with E-state index < -0.39 is 0 Å². The van der Waals surface area contributed by atoms with Gasteiger partial charge in [0.25, 0.3) is 0 Å². The predicted octanol–water partition coefficient (Wildman–Crippen LogP) is 4.51. The van der Waals surface area contributed by atoms with E-state index in [1.165, 1.54) is 18.4 Å². The lowest BCUT2D eigenvalue weighted by molar-refractivity contribution is 0.238. The summed E-state index contributed by atoms with van der Waals surface area (Å²) in [6.07, 6.45) is 4.70. The van der Waals surface area contributed by atoms with Gasteiger partial charge in [-0.15, -0.1) is 0 Å². The molecule has 0 aliphatic heterocycles. The minimum atomic E-state index is -0.0720. The molecule has 0 heterocycles. The average Bonchev–Trinajstić information content (AvgIpc) is 2.38. The third-order valence-electron chi connectivity index (χ3n) is 4.10. The molecular weight excluding hydrogens is 248 g/mol. The molecule has 1 saturated carbocycles. The summed E-state index contributed by atoms with van der Waals surface area (Å²) in [6, 6.07) is 8.27. The Morgan fingerprint density at radius 3 is 2.70 bits per heavy atom. The van der Waals surface area contributed by atoms with E-state index in [0.29, 0.717) is 12.0 Å². The van der Waals surface area contributed by atoms with Crippen LogP contribution in [-0.2, 0) is 0 Å². The first-order valence-electron chi connectivity index (χ1n) is 7.72. The van der Waals surface area contributed by atoms with Crippen LogP contribution in [0, 0.1) is 5.92 Å². The molecule has 0 saturated heterocycles. The van der Waals surface area contributed by atoms with E-state index in [2.05, 4.69) is 37.5 Å². The Hall–Kier alpha value is -1.51. The second-order valence-corrected chi connectivity index (χ2v) is 6.31. The molecule has 1 aromatic rings. The zero-order valence-electron chi connectivity index (χ0n) is 12.8. The van der Waals surface area contributed by atoms with E-state index in [-0.39, 0.29) is 6.03 Å². The van der Waals surface area contributed by atoms with Crippen molar-refractivity contribution in [3.63, 3.8) is 0 Å². The molecule has 3 heteroatoms. The van der Waals surface area contributed by atoms with Crippen molar-refractivity contribution in [3.05, 3.63) is 29.8 Å². The molecule has 1 aromatic carbocycles. The molecule has 110 valence electrons. The van der Waals surface area contributed by atoms with E-state index in [0.717, 1.165) is 24.4 Å². The van der Waals surface area contributed by atoms with E-state index >= 15 is 0 Å². The Morgan fingerprint density at radius 2 is 2.00 bits per heavy atom. The van der Waals surface area contributed by atoms with E-state index in [1.807, 2.05) is 18.2 Å². The number of hydrogen-bond acceptors (Lipinski definition) is 1. The quantitative estimate of drug-likeness (QED) is 0.836. The molecule has 0 bridgehead atoms. The third-order valence-corrected chi connectivity index (χ3v) is 4.10. The fraction of sp³-hybridized carbons (Fsp3) is 0.588. The summed E-state index contributed by atoms with van der Waals surface area (Å²) in [5.41, 5.74) is 2.10. The number of urea groups is 1. The molecule has 1 aliphatic carbocycles. The van der Waals surface area contributed by atoms with Crippen LogP contribution < -0.4 is 10.6 Å². The number of rotatable bonds is 3. The van der Waals surface area contributed by atoms with Crippen LogP contribution in [0.15, 0.2) is 24.3 Å². The Labute approximate surface area is 122 Å². The summed E-state index contributed by atoms with van der Waals surface area (Å²) in [7, 11) is 0. The third kappa shape index (κ3) is 3.99. The first-order chi connectivity index (χ1) is 9.56. The van der Waals surface area contributed by atoms with Crippen molar-refractivity contribution in [2.75, 3.05) is 5.32 Å². The molecule has 1 aliphatic rings. The van der Waals surface area contributed by atoms with E-state index in [1.54, 1.807) is 0 Å². The Balaban J connectivity index is 1.94. The van der Waals surface area contributed by atoms with Crippen molar-refractivity contribution in [3.8, 4) is 0 Å². The Bertz CT molecular complexity index is 456. The van der Waals surface area contributed by atoms with Crippen molar-refractivity contribution in [2.45, 2.75) is 58.4 Å². The zero-order chi connectivity index (χ0) is 14.5. The van der Waals surface area contributed by atoms with Gasteiger partial charge >= 0.3 is 6.03 Å². The highest BCUT2D eigenvalue weighted by molar-refractivity contribution is 5.90. The molecule has 2 rings (SSSR count). The zero-order valence-corrected chi connectivity index (χ0v) is 12.8. The largest absolute Gasteiger partial charge is 0.335 e. The van der Waals surface area contributed by atoms with Gasteiger partial charge in [0.15, 0.2) is 0 Å². The first kappa shape index (κ1) is 14.9. The fourth-order valence-electron chi connectivity index (χ4n) is 3.02. The molecule has 0 radical (unpaired) electrons. The fourth-order valence-corrected chi connectivity index (χ4v) is 3.02. The summed E-state index contributed by atoms with van der Waals surface area (Å²) in [6.45, 7) is 6.54. The maximum atomic E-state index is 12.1. The second-order valence-electron chi connectivity index (χ2n) is 6.31. The predicted molar refractivity (Wildman–Crippen MR) is 84.1 cm³/mol. The molecule has 2 atom stereocenters. The SMILES string of the molecule is CC(C)c1ccccc1NC(=O)N[C@@H]1CCC[C@H](C)C1. The van der Waals surface area contributed by atoms with Crippen LogP contribution >= 0.6 is 0 Å². The highest BCUT2D eigenvalue weighted by atomic mass is 16.2. The van der Waals surface area contributed by atoms with Gasteiger partial charge in [0.05, 0.1) is 0 Å². The number of hydrogen-bond donors (Lipinski definition) is 2. The highest BCUT2D eigenvalue weighted by Gasteiger charge is 2.20. The van der Waals surface area contributed by atoms with Gasteiger partial charge in [0, 0.05) is 11.7 Å². The maximum Gasteiger partial charge on any atom is 0.319 e. The lowest BCUT2D eigenvalue weighted by Gasteiger charge is -2.27. The Kier molecular flexibility index (Phi) is 5.05. The van der Waals surface area contributed by atoms with Gasteiger partial charge in [-0.25, -0.2) is 4.79 Å². The van der Waals surface area contributed by atoms with Crippen molar-refractivity contribution in [1.82, 2.24) is 5.32 Å². The standard InChI is InChI=1S/C17H26N2O/c1-12(2)15-9-4-5-10-16(15)19-17(20)18-14-8-6-7-13(3)11-14/h4-5,9-10,12-14H,6-8,11H2,1-3H3,(H2,18,19,20)/t13-,14+/m0/s1. The normalized spacial score (nSPS) is 22.6. The summed E-state index contributed by atoms with van der Waals surface area (Å²) >= 11 is 0. The van der Waals surface area contributed by atoms with Crippen LogP contribution in [0.3, 0.4) is 0 Å². The molecular formula is C17H26N2O. The second kappa shape index (κ2) is 6.78. The van der Waals surface area contributed by atoms with Crippen molar-refractivity contribution >= 4 is 11.7 Å². The molecule has 2 amide bonds. The van der Waals surface area contributed by atoms with Crippen LogP contribution in [0.25, 0.3) is 0 Å². The molecule has 1 fully saturated rings. The summed E-state index contributed by atoms with van der Waals surface area (Å²) in [5, 5.41) is 6.12. The summed E-state index contributed by atoms with van der Waals surface area (Å²) in [4.78, 5) is 12.1. The monoisotopic (exact) mass is 274 g/mol. The minimum Gasteiger partial charge on any atom is -0.335 e. The molecule has 0 aromatic heterocycles. The van der Waals surface area contributed by atoms with Crippen LogP contribution in [0.1, 0.15) is 57.9 Å². The van der Waals surface area contributed by atoms with Gasteiger partial charge in [-0.05, 0) is 36.3 Å². The number of benzene rings is 1. The number of nitrogens with one attached hydrogen (secondary N) is 2. The molecule has 2 N–H and O–H groups in total. The van der Waals surface area contributed by atoms with Gasteiger partial charge in [0.2, 0.25) is 0 Å². The van der Waals surface area contributed by atoms with E-state index in [9.17, 15) is 4.79 Å². The van der Waals surface area contributed by atoms with Gasteiger partial charge < -0.3 is 10.6 Å².